The standard InChI is InChI=1S/C12H15NO3S/c1-13(12(14)4-7-17)9-2-3-10-11(8-9)16-6-5-15-10/h2-3,8,17H,4-7H2,1H3. The number of benzene rings is 1. The van der Waals surface area contributed by atoms with E-state index < -0.39 is 0 Å². The summed E-state index contributed by atoms with van der Waals surface area (Å²) in [6, 6.07) is 5.50. The summed E-state index contributed by atoms with van der Waals surface area (Å²) in [5, 5.41) is 0. The average Bonchev–Trinajstić information content (AvgIpc) is 2.37. The molecule has 1 amide bonds. The minimum absolute atomic E-state index is 0.0386. The van der Waals surface area contributed by atoms with Crippen molar-refractivity contribution in [2.45, 2.75) is 6.42 Å². The number of fused-ring (bicyclic) bond motifs is 1. The van der Waals surface area contributed by atoms with Gasteiger partial charge in [-0.3, -0.25) is 4.79 Å². The van der Waals surface area contributed by atoms with Crippen LogP contribution in [0.1, 0.15) is 6.42 Å². The van der Waals surface area contributed by atoms with Crippen molar-refractivity contribution >= 4 is 24.2 Å². The zero-order valence-electron chi connectivity index (χ0n) is 9.68. The number of carbonyl (C=O) groups excluding carboxylic acids is 1. The smallest absolute Gasteiger partial charge is 0.227 e. The van der Waals surface area contributed by atoms with Crippen LogP contribution in [0.5, 0.6) is 11.5 Å². The van der Waals surface area contributed by atoms with E-state index in [-0.39, 0.29) is 5.91 Å². The Hall–Kier alpha value is -1.36. The number of anilines is 1. The Morgan fingerprint density at radius 1 is 1.35 bits per heavy atom. The number of hydrogen-bond donors (Lipinski definition) is 1. The molecule has 92 valence electrons. The van der Waals surface area contributed by atoms with Crippen LogP contribution in [0.3, 0.4) is 0 Å². The van der Waals surface area contributed by atoms with Gasteiger partial charge in [-0.1, -0.05) is 0 Å². The molecule has 1 aromatic rings. The summed E-state index contributed by atoms with van der Waals surface area (Å²) >= 11 is 4.05. The third kappa shape index (κ3) is 2.66. The lowest BCUT2D eigenvalue weighted by molar-refractivity contribution is -0.117. The third-order valence-corrected chi connectivity index (χ3v) is 2.84. The molecule has 2 rings (SSSR count). The maximum Gasteiger partial charge on any atom is 0.227 e. The second-order valence-corrected chi connectivity index (χ2v) is 4.20. The second-order valence-electron chi connectivity index (χ2n) is 3.75. The predicted molar refractivity (Wildman–Crippen MR) is 69.3 cm³/mol. The maximum atomic E-state index is 11.7. The van der Waals surface area contributed by atoms with Crippen LogP contribution in [0.15, 0.2) is 18.2 Å². The maximum absolute atomic E-state index is 11.7. The molecule has 1 aromatic carbocycles. The van der Waals surface area contributed by atoms with Gasteiger partial charge in [0.25, 0.3) is 0 Å². The molecule has 0 bridgehead atoms. The van der Waals surface area contributed by atoms with Gasteiger partial charge in [-0.05, 0) is 17.9 Å². The largest absolute Gasteiger partial charge is 0.486 e. The van der Waals surface area contributed by atoms with Gasteiger partial charge in [0.15, 0.2) is 11.5 Å². The number of ether oxygens (including phenoxy) is 2. The van der Waals surface area contributed by atoms with Crippen LogP contribution in [-0.4, -0.2) is 31.9 Å². The zero-order chi connectivity index (χ0) is 12.3. The predicted octanol–water partition coefficient (Wildman–Crippen LogP) is 1.74. The molecule has 1 aliphatic rings. The van der Waals surface area contributed by atoms with Gasteiger partial charge in [-0.25, -0.2) is 0 Å². The number of carbonyl (C=O) groups is 1. The Balaban J connectivity index is 2.18. The van der Waals surface area contributed by atoms with Crippen molar-refractivity contribution < 1.29 is 14.3 Å². The zero-order valence-corrected chi connectivity index (χ0v) is 10.6. The molecule has 0 N–H and O–H groups in total. The number of nitrogens with zero attached hydrogens (tertiary/aromatic N) is 1. The summed E-state index contributed by atoms with van der Waals surface area (Å²) in [6.45, 7) is 1.12. The number of hydrogen-bond acceptors (Lipinski definition) is 4. The summed E-state index contributed by atoms with van der Waals surface area (Å²) in [7, 11) is 1.75. The highest BCUT2D eigenvalue weighted by Gasteiger charge is 2.15. The van der Waals surface area contributed by atoms with Crippen molar-refractivity contribution in [1.82, 2.24) is 0 Å². The fraction of sp³-hybridized carbons (Fsp3) is 0.417. The quantitative estimate of drug-likeness (QED) is 0.834. The fourth-order valence-corrected chi connectivity index (χ4v) is 1.84. The van der Waals surface area contributed by atoms with Gasteiger partial charge < -0.3 is 14.4 Å². The highest BCUT2D eigenvalue weighted by atomic mass is 32.1. The van der Waals surface area contributed by atoms with Gasteiger partial charge in [0.2, 0.25) is 5.91 Å². The highest BCUT2D eigenvalue weighted by Crippen LogP contribution is 2.33. The van der Waals surface area contributed by atoms with Crippen molar-refractivity contribution in [3.8, 4) is 11.5 Å². The van der Waals surface area contributed by atoms with Crippen LogP contribution < -0.4 is 14.4 Å². The van der Waals surface area contributed by atoms with E-state index in [2.05, 4.69) is 12.6 Å². The first-order chi connectivity index (χ1) is 8.22. The molecule has 0 atom stereocenters. The van der Waals surface area contributed by atoms with Gasteiger partial charge in [-0.15, -0.1) is 0 Å². The molecule has 4 nitrogen and oxygen atoms in total. The molecule has 5 heteroatoms. The van der Waals surface area contributed by atoms with Crippen LogP contribution in [-0.2, 0) is 4.79 Å². The molecule has 0 aliphatic carbocycles. The van der Waals surface area contributed by atoms with Gasteiger partial charge in [-0.2, -0.15) is 12.6 Å². The SMILES string of the molecule is CN(C(=O)CCS)c1ccc2c(c1)OCCO2. The number of amides is 1. The summed E-state index contributed by atoms with van der Waals surface area (Å²) in [6.07, 6.45) is 0.425. The van der Waals surface area contributed by atoms with E-state index >= 15 is 0 Å². The molecule has 0 saturated heterocycles. The molecule has 0 radical (unpaired) electrons. The summed E-state index contributed by atoms with van der Waals surface area (Å²) in [5.41, 5.74) is 0.807. The van der Waals surface area contributed by atoms with E-state index in [1.807, 2.05) is 18.2 Å². The first kappa shape index (κ1) is 12.1. The Kier molecular flexibility index (Phi) is 3.78. The van der Waals surface area contributed by atoms with E-state index in [0.29, 0.717) is 31.1 Å². The third-order valence-electron chi connectivity index (χ3n) is 2.61. The van der Waals surface area contributed by atoms with Crippen LogP contribution in [0.2, 0.25) is 0 Å². The minimum Gasteiger partial charge on any atom is -0.486 e. The van der Waals surface area contributed by atoms with Crippen molar-refractivity contribution in [2.75, 3.05) is 30.9 Å². The summed E-state index contributed by atoms with van der Waals surface area (Å²) in [4.78, 5) is 13.3. The lowest BCUT2D eigenvalue weighted by Crippen LogP contribution is -2.26. The molecule has 0 unspecified atom stereocenters. The molecule has 1 heterocycles. The Morgan fingerprint density at radius 3 is 2.76 bits per heavy atom. The average molecular weight is 253 g/mol. The van der Waals surface area contributed by atoms with Gasteiger partial charge in [0.1, 0.15) is 13.2 Å². The lowest BCUT2D eigenvalue weighted by atomic mass is 10.2. The fourth-order valence-electron chi connectivity index (χ4n) is 1.65. The summed E-state index contributed by atoms with van der Waals surface area (Å²) < 4.78 is 10.9. The van der Waals surface area contributed by atoms with E-state index in [1.54, 1.807) is 11.9 Å². The minimum atomic E-state index is 0.0386. The Labute approximate surface area is 106 Å². The van der Waals surface area contributed by atoms with Gasteiger partial charge >= 0.3 is 0 Å². The van der Waals surface area contributed by atoms with Crippen molar-refractivity contribution in [2.24, 2.45) is 0 Å². The molecule has 0 aromatic heterocycles. The second kappa shape index (κ2) is 5.31. The van der Waals surface area contributed by atoms with E-state index in [0.717, 1.165) is 11.4 Å². The van der Waals surface area contributed by atoms with Crippen molar-refractivity contribution in [3.05, 3.63) is 18.2 Å². The van der Waals surface area contributed by atoms with Crippen LogP contribution >= 0.6 is 12.6 Å². The van der Waals surface area contributed by atoms with E-state index in [1.165, 1.54) is 0 Å². The lowest BCUT2D eigenvalue weighted by Gasteiger charge is -2.22. The van der Waals surface area contributed by atoms with Crippen molar-refractivity contribution in [3.63, 3.8) is 0 Å². The van der Waals surface area contributed by atoms with Gasteiger partial charge in [0, 0.05) is 25.2 Å². The van der Waals surface area contributed by atoms with Crippen LogP contribution in [0.4, 0.5) is 5.69 Å². The molecule has 0 saturated carbocycles. The Bertz CT molecular complexity index is 422. The first-order valence-corrected chi connectivity index (χ1v) is 6.12. The highest BCUT2D eigenvalue weighted by molar-refractivity contribution is 7.80. The molecular formula is C12H15NO3S. The van der Waals surface area contributed by atoms with Crippen LogP contribution in [0.25, 0.3) is 0 Å². The van der Waals surface area contributed by atoms with E-state index in [4.69, 9.17) is 9.47 Å². The molecule has 0 spiro atoms. The van der Waals surface area contributed by atoms with Crippen molar-refractivity contribution in [1.29, 1.82) is 0 Å². The number of thiol groups is 1. The Morgan fingerprint density at radius 2 is 2.06 bits per heavy atom. The van der Waals surface area contributed by atoms with Crippen LogP contribution in [0, 0.1) is 0 Å². The normalized spacial score (nSPS) is 13.3. The monoisotopic (exact) mass is 253 g/mol. The molecular weight excluding hydrogens is 238 g/mol. The molecule has 0 fully saturated rings. The topological polar surface area (TPSA) is 38.8 Å². The number of rotatable bonds is 3. The first-order valence-electron chi connectivity index (χ1n) is 5.49. The summed E-state index contributed by atoms with van der Waals surface area (Å²) in [5.74, 6) is 2.01. The molecule has 17 heavy (non-hydrogen) atoms. The van der Waals surface area contributed by atoms with Gasteiger partial charge in [0.05, 0.1) is 0 Å². The van der Waals surface area contributed by atoms with E-state index in [9.17, 15) is 4.79 Å². The molecule has 1 aliphatic heterocycles.